The average Bonchev–Trinajstić information content (AvgIpc) is 3.43. The summed E-state index contributed by atoms with van der Waals surface area (Å²) in [5.41, 5.74) is 3.23. The van der Waals surface area contributed by atoms with Gasteiger partial charge in [0.25, 0.3) is 5.91 Å². The lowest BCUT2D eigenvalue weighted by Gasteiger charge is -2.41. The molecule has 0 radical (unpaired) electrons. The summed E-state index contributed by atoms with van der Waals surface area (Å²) in [5, 5.41) is 0.918. The van der Waals surface area contributed by atoms with Crippen molar-refractivity contribution in [2.24, 2.45) is 5.92 Å². The molecule has 2 atom stereocenters. The van der Waals surface area contributed by atoms with E-state index in [0.29, 0.717) is 39.7 Å². The standard InChI is InChI=1S/C29H36Cl2N2O3/c1-4-11-32(22-15-23-24(16-22)28(36-3)10-9-27(23)35-2)17-18-12-20-6-7-21(13-18)33(20)29(34)19-5-8-25(30)26(31)14-19/h5,8-10,14,18,20-22H,4,6-7,11-13,15-17H2,1-3H3. The molecule has 5 rings (SSSR count). The summed E-state index contributed by atoms with van der Waals surface area (Å²) >= 11 is 12.3. The Balaban J connectivity index is 1.28. The van der Waals surface area contributed by atoms with Crippen molar-refractivity contribution in [2.45, 2.75) is 70.0 Å². The number of hydrogen-bond donors (Lipinski definition) is 0. The van der Waals surface area contributed by atoms with Crippen LogP contribution in [0.15, 0.2) is 30.3 Å². The van der Waals surface area contributed by atoms with E-state index < -0.39 is 0 Å². The molecule has 2 aromatic carbocycles. The molecule has 36 heavy (non-hydrogen) atoms. The molecule has 1 aliphatic carbocycles. The van der Waals surface area contributed by atoms with E-state index in [-0.39, 0.29) is 5.91 Å². The number of methoxy groups -OCH3 is 2. The number of carbonyl (C=O) groups excluding carboxylic acids is 1. The molecule has 0 aromatic heterocycles. The smallest absolute Gasteiger partial charge is 0.254 e. The molecule has 0 spiro atoms. The van der Waals surface area contributed by atoms with E-state index in [9.17, 15) is 4.79 Å². The van der Waals surface area contributed by atoms with Crippen LogP contribution in [0.4, 0.5) is 0 Å². The van der Waals surface area contributed by atoms with Crippen molar-refractivity contribution in [1.29, 1.82) is 0 Å². The highest BCUT2D eigenvalue weighted by Gasteiger charge is 2.44. The van der Waals surface area contributed by atoms with Crippen molar-refractivity contribution < 1.29 is 14.3 Å². The molecule has 2 fully saturated rings. The zero-order chi connectivity index (χ0) is 25.4. The lowest BCUT2D eigenvalue weighted by molar-refractivity contribution is 0.0455. The monoisotopic (exact) mass is 530 g/mol. The summed E-state index contributed by atoms with van der Waals surface area (Å²) in [7, 11) is 3.50. The first-order valence-corrected chi connectivity index (χ1v) is 13.9. The zero-order valence-electron chi connectivity index (χ0n) is 21.4. The molecule has 2 saturated heterocycles. The fourth-order valence-electron chi connectivity index (χ4n) is 6.87. The number of hydrogen-bond acceptors (Lipinski definition) is 4. The van der Waals surface area contributed by atoms with Crippen molar-refractivity contribution in [3.05, 3.63) is 57.1 Å². The molecule has 0 N–H and O–H groups in total. The topological polar surface area (TPSA) is 42.0 Å². The van der Waals surface area contributed by atoms with Crippen LogP contribution in [-0.4, -0.2) is 61.1 Å². The van der Waals surface area contributed by atoms with Gasteiger partial charge in [-0.15, -0.1) is 0 Å². The number of carbonyl (C=O) groups is 1. The first-order valence-electron chi connectivity index (χ1n) is 13.2. The Morgan fingerprint density at radius 3 is 2.11 bits per heavy atom. The highest BCUT2D eigenvalue weighted by Crippen LogP contribution is 2.42. The molecule has 2 heterocycles. The van der Waals surface area contributed by atoms with Gasteiger partial charge in [-0.25, -0.2) is 0 Å². The Kier molecular flexibility index (Phi) is 7.71. The molecule has 0 saturated carbocycles. The third kappa shape index (κ3) is 4.82. The minimum atomic E-state index is 0.0929. The van der Waals surface area contributed by atoms with Gasteiger partial charge in [-0.1, -0.05) is 30.1 Å². The Morgan fingerprint density at radius 1 is 0.972 bits per heavy atom. The van der Waals surface area contributed by atoms with Crippen LogP contribution in [0.2, 0.25) is 10.0 Å². The largest absolute Gasteiger partial charge is 0.496 e. The Hall–Kier alpha value is -1.95. The first-order chi connectivity index (χ1) is 17.4. The van der Waals surface area contributed by atoms with Gasteiger partial charge in [-0.3, -0.25) is 9.69 Å². The van der Waals surface area contributed by atoms with Crippen molar-refractivity contribution in [3.63, 3.8) is 0 Å². The highest BCUT2D eigenvalue weighted by molar-refractivity contribution is 6.42. The van der Waals surface area contributed by atoms with Crippen molar-refractivity contribution in [1.82, 2.24) is 9.80 Å². The normalized spacial score (nSPS) is 23.3. The molecular formula is C29H36Cl2N2O3. The molecule has 2 bridgehead atoms. The summed E-state index contributed by atoms with van der Waals surface area (Å²) in [6, 6.07) is 10.4. The summed E-state index contributed by atoms with van der Waals surface area (Å²) in [6.07, 6.45) is 7.43. The van der Waals surface area contributed by atoms with Crippen LogP contribution in [0.1, 0.15) is 60.5 Å². The molecule has 1 amide bonds. The Morgan fingerprint density at radius 2 is 1.58 bits per heavy atom. The van der Waals surface area contributed by atoms with Gasteiger partial charge >= 0.3 is 0 Å². The van der Waals surface area contributed by atoms with Gasteiger partial charge in [-0.2, -0.15) is 0 Å². The minimum absolute atomic E-state index is 0.0929. The molecule has 2 aliphatic heterocycles. The van der Waals surface area contributed by atoms with Crippen molar-refractivity contribution >= 4 is 29.1 Å². The van der Waals surface area contributed by atoms with Gasteiger partial charge in [0, 0.05) is 41.4 Å². The molecule has 7 heteroatoms. The predicted molar refractivity (Wildman–Crippen MR) is 145 cm³/mol. The number of benzene rings is 2. The molecular weight excluding hydrogens is 495 g/mol. The van der Waals surface area contributed by atoms with E-state index in [1.54, 1.807) is 32.4 Å². The minimum Gasteiger partial charge on any atom is -0.496 e. The fraction of sp³-hybridized carbons (Fsp3) is 0.552. The summed E-state index contributed by atoms with van der Waals surface area (Å²) in [4.78, 5) is 18.2. The van der Waals surface area contributed by atoms with Crippen LogP contribution in [0.25, 0.3) is 0 Å². The van der Waals surface area contributed by atoms with Gasteiger partial charge in [0.15, 0.2) is 0 Å². The maximum Gasteiger partial charge on any atom is 0.254 e. The lowest BCUT2D eigenvalue weighted by atomic mass is 9.89. The molecule has 194 valence electrons. The molecule has 2 unspecified atom stereocenters. The number of piperidine rings is 1. The van der Waals surface area contributed by atoms with E-state index >= 15 is 0 Å². The lowest BCUT2D eigenvalue weighted by Crippen LogP contribution is -2.49. The van der Waals surface area contributed by atoms with E-state index in [4.69, 9.17) is 32.7 Å². The molecule has 5 nitrogen and oxygen atoms in total. The maximum absolute atomic E-state index is 13.4. The van der Waals surface area contributed by atoms with Crippen LogP contribution in [0.3, 0.4) is 0 Å². The van der Waals surface area contributed by atoms with E-state index in [1.165, 1.54) is 11.1 Å². The van der Waals surface area contributed by atoms with Crippen LogP contribution in [-0.2, 0) is 12.8 Å². The zero-order valence-corrected chi connectivity index (χ0v) is 22.9. The summed E-state index contributed by atoms with van der Waals surface area (Å²) in [5.74, 6) is 2.63. The average molecular weight is 532 g/mol. The predicted octanol–water partition coefficient (Wildman–Crippen LogP) is 6.27. The van der Waals surface area contributed by atoms with Crippen molar-refractivity contribution in [3.8, 4) is 11.5 Å². The second-order valence-corrected chi connectivity index (χ2v) is 11.4. The van der Waals surface area contributed by atoms with Gasteiger partial charge in [0.1, 0.15) is 11.5 Å². The van der Waals surface area contributed by atoms with Gasteiger partial charge in [0.2, 0.25) is 0 Å². The van der Waals surface area contributed by atoms with Crippen LogP contribution < -0.4 is 9.47 Å². The van der Waals surface area contributed by atoms with Crippen molar-refractivity contribution in [2.75, 3.05) is 27.3 Å². The summed E-state index contributed by atoms with van der Waals surface area (Å²) < 4.78 is 11.4. The highest BCUT2D eigenvalue weighted by atomic mass is 35.5. The SMILES string of the molecule is CCCN(CC1CC2CCC(C1)N2C(=O)c1ccc(Cl)c(Cl)c1)C1Cc2c(OC)ccc(OC)c2C1. The van der Waals surface area contributed by atoms with E-state index in [2.05, 4.69) is 16.7 Å². The first kappa shape index (κ1) is 25.7. The number of fused-ring (bicyclic) bond motifs is 3. The van der Waals surface area contributed by atoms with Gasteiger partial charge in [0.05, 0.1) is 24.3 Å². The van der Waals surface area contributed by atoms with Gasteiger partial charge in [-0.05, 0) is 87.7 Å². The number of halogens is 2. The van der Waals surface area contributed by atoms with Crippen LogP contribution in [0, 0.1) is 5.92 Å². The third-order valence-corrected chi connectivity index (χ3v) is 9.16. The maximum atomic E-state index is 13.4. The van der Waals surface area contributed by atoms with Gasteiger partial charge < -0.3 is 14.4 Å². The Bertz CT molecular complexity index is 1080. The van der Waals surface area contributed by atoms with E-state index in [1.807, 2.05) is 12.1 Å². The molecule has 2 aromatic rings. The fourth-order valence-corrected chi connectivity index (χ4v) is 7.17. The number of nitrogens with zero attached hydrogens (tertiary/aromatic N) is 2. The summed E-state index contributed by atoms with van der Waals surface area (Å²) in [6.45, 7) is 4.43. The number of rotatable bonds is 8. The molecule has 3 aliphatic rings. The Labute approximate surface area is 224 Å². The van der Waals surface area contributed by atoms with Crippen LogP contribution >= 0.6 is 23.2 Å². The second-order valence-electron chi connectivity index (χ2n) is 10.5. The quantitative estimate of drug-likeness (QED) is 0.403. The number of ether oxygens (including phenoxy) is 2. The van der Waals surface area contributed by atoms with E-state index in [0.717, 1.165) is 69.5 Å². The van der Waals surface area contributed by atoms with Crippen LogP contribution in [0.5, 0.6) is 11.5 Å². The number of amides is 1. The third-order valence-electron chi connectivity index (χ3n) is 8.42. The second kappa shape index (κ2) is 10.8.